The van der Waals surface area contributed by atoms with Crippen LogP contribution in [0.4, 0.5) is 0 Å². The molecule has 0 aromatic heterocycles. The number of hydrogen-bond donors (Lipinski definition) is 0. The number of methoxy groups -OCH3 is 1. The van der Waals surface area contributed by atoms with Gasteiger partial charge >= 0.3 is 5.97 Å². The molecule has 2 aromatic rings. The van der Waals surface area contributed by atoms with E-state index in [0.717, 1.165) is 16.7 Å². The molecule has 1 atom stereocenters. The lowest BCUT2D eigenvalue weighted by Gasteiger charge is -2.26. The summed E-state index contributed by atoms with van der Waals surface area (Å²) in [5, 5.41) is 0. The maximum atomic E-state index is 12.8. The van der Waals surface area contributed by atoms with E-state index in [9.17, 15) is 9.59 Å². The smallest absolute Gasteiger partial charge is 0.328 e. The van der Waals surface area contributed by atoms with Crippen LogP contribution in [0.25, 0.3) is 0 Å². The summed E-state index contributed by atoms with van der Waals surface area (Å²) < 4.78 is 4.91. The number of hydrogen-bond acceptors (Lipinski definition) is 3. The number of amides is 1. The molecular weight excluding hydrogens is 302 g/mol. The Morgan fingerprint density at radius 1 is 1.04 bits per heavy atom. The number of rotatable bonds is 5. The normalized spacial score (nSPS) is 11.7. The number of esters is 1. The molecule has 0 spiro atoms. The van der Waals surface area contributed by atoms with E-state index in [1.807, 2.05) is 62.4 Å². The maximum Gasteiger partial charge on any atom is 0.328 e. The fraction of sp³-hybridized carbons (Fsp3) is 0.300. The summed E-state index contributed by atoms with van der Waals surface area (Å²) in [6, 6.07) is 14.6. The Morgan fingerprint density at radius 2 is 1.62 bits per heavy atom. The van der Waals surface area contributed by atoms with E-state index < -0.39 is 12.0 Å². The zero-order valence-corrected chi connectivity index (χ0v) is 14.6. The Kier molecular flexibility index (Phi) is 5.74. The van der Waals surface area contributed by atoms with Crippen molar-refractivity contribution < 1.29 is 14.3 Å². The molecule has 0 aliphatic carbocycles. The van der Waals surface area contributed by atoms with Gasteiger partial charge in [-0.2, -0.15) is 0 Å². The van der Waals surface area contributed by atoms with Crippen LogP contribution < -0.4 is 0 Å². The number of aryl methyl sites for hydroxylation is 2. The highest BCUT2D eigenvalue weighted by Gasteiger charge is 2.28. The average molecular weight is 325 g/mol. The highest BCUT2D eigenvalue weighted by Crippen LogP contribution is 2.15. The summed E-state index contributed by atoms with van der Waals surface area (Å²) in [6.45, 7) is 3.90. The highest BCUT2D eigenvalue weighted by molar-refractivity contribution is 5.97. The van der Waals surface area contributed by atoms with Crippen LogP contribution >= 0.6 is 0 Å². The molecule has 0 saturated heterocycles. The first kappa shape index (κ1) is 17.7. The Hall–Kier alpha value is -2.62. The molecule has 0 unspecified atom stereocenters. The monoisotopic (exact) mass is 325 g/mol. The van der Waals surface area contributed by atoms with Crippen molar-refractivity contribution in [2.45, 2.75) is 26.3 Å². The van der Waals surface area contributed by atoms with Crippen molar-refractivity contribution in [3.8, 4) is 0 Å². The van der Waals surface area contributed by atoms with Gasteiger partial charge in [-0.3, -0.25) is 4.79 Å². The van der Waals surface area contributed by atoms with E-state index >= 15 is 0 Å². The van der Waals surface area contributed by atoms with E-state index in [-0.39, 0.29) is 5.91 Å². The first-order chi connectivity index (χ1) is 11.4. The number of benzene rings is 2. The van der Waals surface area contributed by atoms with Crippen LogP contribution in [-0.2, 0) is 16.0 Å². The van der Waals surface area contributed by atoms with Gasteiger partial charge in [0.2, 0.25) is 0 Å². The quantitative estimate of drug-likeness (QED) is 0.793. The van der Waals surface area contributed by atoms with Crippen LogP contribution in [0, 0.1) is 13.8 Å². The van der Waals surface area contributed by atoms with Gasteiger partial charge in [-0.25, -0.2) is 4.79 Å². The van der Waals surface area contributed by atoms with Gasteiger partial charge in [0.1, 0.15) is 6.04 Å². The predicted octanol–water partition coefficient (Wildman–Crippen LogP) is 3.16. The highest BCUT2D eigenvalue weighted by atomic mass is 16.5. The van der Waals surface area contributed by atoms with Gasteiger partial charge < -0.3 is 9.64 Å². The lowest BCUT2D eigenvalue weighted by Crippen LogP contribution is -2.44. The summed E-state index contributed by atoms with van der Waals surface area (Å²) >= 11 is 0. The van der Waals surface area contributed by atoms with Crippen molar-refractivity contribution >= 4 is 11.9 Å². The molecule has 0 heterocycles. The number of nitrogens with zero attached hydrogens (tertiary/aromatic N) is 1. The summed E-state index contributed by atoms with van der Waals surface area (Å²) in [5.74, 6) is -0.604. The number of carbonyl (C=O) groups excluding carboxylic acids is 2. The molecule has 0 aliphatic heterocycles. The molecular formula is C20H23NO3. The molecule has 0 aliphatic rings. The van der Waals surface area contributed by atoms with Gasteiger partial charge in [-0.15, -0.1) is 0 Å². The second-order valence-electron chi connectivity index (χ2n) is 6.02. The summed E-state index contributed by atoms with van der Waals surface area (Å²) in [5.41, 5.74) is 3.60. The van der Waals surface area contributed by atoms with Crippen molar-refractivity contribution in [2.24, 2.45) is 0 Å². The van der Waals surface area contributed by atoms with Crippen LogP contribution in [0.15, 0.2) is 48.5 Å². The molecule has 1 amide bonds. The van der Waals surface area contributed by atoms with E-state index in [4.69, 9.17) is 4.74 Å². The van der Waals surface area contributed by atoms with Crippen LogP contribution in [0.2, 0.25) is 0 Å². The summed E-state index contributed by atoms with van der Waals surface area (Å²) in [6.07, 6.45) is 0.417. The van der Waals surface area contributed by atoms with E-state index in [0.29, 0.717) is 12.0 Å². The van der Waals surface area contributed by atoms with Crippen LogP contribution in [0.1, 0.15) is 27.0 Å². The number of ether oxygens (including phenoxy) is 1. The zero-order chi connectivity index (χ0) is 17.7. The molecule has 2 aromatic carbocycles. The van der Waals surface area contributed by atoms with Crippen LogP contribution in [0.3, 0.4) is 0 Å². The lowest BCUT2D eigenvalue weighted by molar-refractivity contribution is -0.145. The van der Waals surface area contributed by atoms with Crippen LogP contribution in [-0.4, -0.2) is 37.0 Å². The second-order valence-corrected chi connectivity index (χ2v) is 6.02. The zero-order valence-electron chi connectivity index (χ0n) is 14.6. The fourth-order valence-electron chi connectivity index (χ4n) is 2.80. The molecule has 24 heavy (non-hydrogen) atoms. The Bertz CT molecular complexity index is 705. The molecule has 4 nitrogen and oxygen atoms in total. The minimum atomic E-state index is -0.661. The minimum absolute atomic E-state index is 0.187. The van der Waals surface area contributed by atoms with E-state index in [1.165, 1.54) is 12.0 Å². The SMILES string of the molecule is COC(=O)[C@@H](Cc1ccccc1)N(C)C(=O)c1cc(C)cc(C)c1. The molecule has 0 fully saturated rings. The Labute approximate surface area is 143 Å². The first-order valence-electron chi connectivity index (χ1n) is 7.89. The first-order valence-corrected chi connectivity index (χ1v) is 7.89. The molecule has 4 heteroatoms. The molecule has 0 saturated carbocycles. The third-order valence-electron chi connectivity index (χ3n) is 4.00. The van der Waals surface area contributed by atoms with Gasteiger partial charge in [0.15, 0.2) is 0 Å². The van der Waals surface area contributed by atoms with Crippen molar-refractivity contribution in [3.63, 3.8) is 0 Å². The molecule has 0 radical (unpaired) electrons. The molecule has 126 valence electrons. The third kappa shape index (κ3) is 4.22. The Balaban J connectivity index is 2.28. The number of carbonyl (C=O) groups is 2. The van der Waals surface area contributed by atoms with Gasteiger partial charge in [0.05, 0.1) is 7.11 Å². The standard InChI is InChI=1S/C20H23NO3/c1-14-10-15(2)12-17(11-14)19(22)21(3)18(20(23)24-4)13-16-8-6-5-7-9-16/h5-12,18H,13H2,1-4H3/t18-/m1/s1. The topological polar surface area (TPSA) is 46.6 Å². The fourth-order valence-corrected chi connectivity index (χ4v) is 2.80. The van der Waals surface area contributed by atoms with Gasteiger partial charge in [-0.05, 0) is 31.5 Å². The summed E-state index contributed by atoms with van der Waals surface area (Å²) in [7, 11) is 2.99. The molecule has 0 bridgehead atoms. The predicted molar refractivity (Wildman–Crippen MR) is 94.0 cm³/mol. The van der Waals surface area contributed by atoms with E-state index in [1.54, 1.807) is 7.05 Å². The largest absolute Gasteiger partial charge is 0.467 e. The van der Waals surface area contributed by atoms with Crippen molar-refractivity contribution in [1.29, 1.82) is 0 Å². The molecule has 0 N–H and O–H groups in total. The minimum Gasteiger partial charge on any atom is -0.467 e. The van der Waals surface area contributed by atoms with Crippen LogP contribution in [0.5, 0.6) is 0 Å². The van der Waals surface area contributed by atoms with Crippen molar-refractivity contribution in [1.82, 2.24) is 4.90 Å². The lowest BCUT2D eigenvalue weighted by atomic mass is 10.0. The maximum absolute atomic E-state index is 12.8. The average Bonchev–Trinajstić information content (AvgIpc) is 2.57. The Morgan fingerprint density at radius 3 is 2.17 bits per heavy atom. The second kappa shape index (κ2) is 7.77. The number of likely N-dealkylation sites (N-methyl/N-ethyl adjacent to an activating group) is 1. The molecule has 2 rings (SSSR count). The van der Waals surface area contributed by atoms with Gasteiger partial charge in [0.25, 0.3) is 5.91 Å². The third-order valence-corrected chi connectivity index (χ3v) is 4.00. The van der Waals surface area contributed by atoms with Gasteiger partial charge in [-0.1, -0.05) is 47.5 Å². The van der Waals surface area contributed by atoms with Crippen molar-refractivity contribution in [3.05, 3.63) is 70.8 Å². The van der Waals surface area contributed by atoms with Gasteiger partial charge in [0, 0.05) is 19.0 Å². The van der Waals surface area contributed by atoms with Crippen molar-refractivity contribution in [2.75, 3.05) is 14.2 Å². The van der Waals surface area contributed by atoms with E-state index in [2.05, 4.69) is 0 Å². The summed E-state index contributed by atoms with van der Waals surface area (Å²) in [4.78, 5) is 26.5.